The summed E-state index contributed by atoms with van der Waals surface area (Å²) >= 11 is 4.98. The van der Waals surface area contributed by atoms with Crippen LogP contribution in [0.3, 0.4) is 0 Å². The number of ether oxygens (including phenoxy) is 1. The van der Waals surface area contributed by atoms with Gasteiger partial charge in [0.05, 0.1) is 17.1 Å². The molecule has 1 rings (SSSR count). The standard InChI is InChI=1S/C9H16N2O2S/c1-2-13-8(12)11-9(7(10)14)5-3-4-6-9/h2-6H2,1H3,(H2,10,14)(H,11,12). The van der Waals surface area contributed by atoms with Crippen LogP contribution in [0.2, 0.25) is 0 Å². The van der Waals surface area contributed by atoms with E-state index >= 15 is 0 Å². The number of nitrogens with one attached hydrogen (secondary N) is 1. The zero-order chi connectivity index (χ0) is 10.6. The molecule has 1 amide bonds. The largest absolute Gasteiger partial charge is 0.450 e. The minimum atomic E-state index is -0.498. The Labute approximate surface area is 89.2 Å². The van der Waals surface area contributed by atoms with Crippen LogP contribution in [0.5, 0.6) is 0 Å². The molecule has 0 aromatic carbocycles. The molecule has 0 spiro atoms. The lowest BCUT2D eigenvalue weighted by molar-refractivity contribution is 0.144. The van der Waals surface area contributed by atoms with Gasteiger partial charge in [0.25, 0.3) is 0 Å². The fourth-order valence-electron chi connectivity index (χ4n) is 1.77. The minimum absolute atomic E-state index is 0.360. The first-order chi connectivity index (χ1) is 6.60. The van der Waals surface area contributed by atoms with Gasteiger partial charge >= 0.3 is 6.09 Å². The number of alkyl carbamates (subject to hydrolysis) is 1. The summed E-state index contributed by atoms with van der Waals surface area (Å²) in [6.07, 6.45) is 3.30. The van der Waals surface area contributed by atoms with E-state index in [2.05, 4.69) is 5.32 Å². The topological polar surface area (TPSA) is 64.3 Å². The monoisotopic (exact) mass is 216 g/mol. The smallest absolute Gasteiger partial charge is 0.407 e. The fourth-order valence-corrected chi connectivity index (χ4v) is 2.03. The van der Waals surface area contributed by atoms with Crippen molar-refractivity contribution in [3.8, 4) is 0 Å². The van der Waals surface area contributed by atoms with Gasteiger partial charge in [-0.2, -0.15) is 0 Å². The Bertz CT molecular complexity index is 237. The van der Waals surface area contributed by atoms with Crippen LogP contribution in [-0.2, 0) is 4.74 Å². The molecule has 14 heavy (non-hydrogen) atoms. The maximum atomic E-state index is 11.3. The molecule has 0 saturated heterocycles. The summed E-state index contributed by atoms with van der Waals surface area (Å²) in [6.45, 7) is 2.13. The van der Waals surface area contributed by atoms with Gasteiger partial charge in [-0.3, -0.25) is 0 Å². The second-order valence-corrected chi connectivity index (χ2v) is 3.94. The Morgan fingerprint density at radius 1 is 1.57 bits per heavy atom. The first kappa shape index (κ1) is 11.2. The molecule has 0 bridgehead atoms. The van der Waals surface area contributed by atoms with Gasteiger partial charge in [-0.05, 0) is 19.8 Å². The van der Waals surface area contributed by atoms with Crippen molar-refractivity contribution in [3.63, 3.8) is 0 Å². The highest BCUT2D eigenvalue weighted by Crippen LogP contribution is 2.29. The van der Waals surface area contributed by atoms with E-state index in [1.807, 2.05) is 0 Å². The second-order valence-electron chi connectivity index (χ2n) is 3.50. The van der Waals surface area contributed by atoms with Crippen LogP contribution in [0.25, 0.3) is 0 Å². The van der Waals surface area contributed by atoms with E-state index in [9.17, 15) is 4.79 Å². The van der Waals surface area contributed by atoms with Crippen molar-refractivity contribution in [3.05, 3.63) is 0 Å². The number of nitrogens with two attached hydrogens (primary N) is 1. The highest BCUT2D eigenvalue weighted by molar-refractivity contribution is 7.80. The predicted octanol–water partition coefficient (Wildman–Crippen LogP) is 1.33. The third kappa shape index (κ3) is 2.35. The molecular weight excluding hydrogens is 200 g/mol. The Kier molecular flexibility index (Phi) is 3.69. The Morgan fingerprint density at radius 3 is 2.57 bits per heavy atom. The fraction of sp³-hybridized carbons (Fsp3) is 0.778. The molecule has 0 radical (unpaired) electrons. The van der Waals surface area contributed by atoms with Crippen molar-refractivity contribution in [2.75, 3.05) is 6.61 Å². The summed E-state index contributed by atoms with van der Waals surface area (Å²) < 4.78 is 4.81. The molecule has 3 N–H and O–H groups in total. The Balaban J connectivity index is 2.60. The Morgan fingerprint density at radius 2 is 2.14 bits per heavy atom. The number of thiocarbonyl (C=S) groups is 1. The maximum absolute atomic E-state index is 11.3. The number of rotatable bonds is 3. The molecule has 0 unspecified atom stereocenters. The van der Waals surface area contributed by atoms with Crippen LogP contribution in [0.1, 0.15) is 32.6 Å². The van der Waals surface area contributed by atoms with Gasteiger partial charge < -0.3 is 15.8 Å². The summed E-state index contributed by atoms with van der Waals surface area (Å²) in [6, 6.07) is 0. The SMILES string of the molecule is CCOC(=O)NC1(C(N)=S)CCCC1. The van der Waals surface area contributed by atoms with Crippen LogP contribution in [0.15, 0.2) is 0 Å². The first-order valence-electron chi connectivity index (χ1n) is 4.85. The molecule has 0 atom stereocenters. The molecule has 1 aliphatic rings. The van der Waals surface area contributed by atoms with E-state index in [-0.39, 0.29) is 0 Å². The molecule has 80 valence electrons. The van der Waals surface area contributed by atoms with Crippen LogP contribution < -0.4 is 11.1 Å². The summed E-state index contributed by atoms with van der Waals surface area (Å²) in [5.41, 5.74) is 5.14. The zero-order valence-corrected chi connectivity index (χ0v) is 9.15. The summed E-state index contributed by atoms with van der Waals surface area (Å²) in [5.74, 6) is 0. The third-order valence-electron chi connectivity index (χ3n) is 2.55. The third-order valence-corrected chi connectivity index (χ3v) is 2.94. The highest BCUT2D eigenvalue weighted by Gasteiger charge is 2.38. The lowest BCUT2D eigenvalue weighted by Crippen LogP contribution is -2.54. The average molecular weight is 216 g/mol. The average Bonchev–Trinajstić information content (AvgIpc) is 2.54. The molecule has 0 aromatic heterocycles. The maximum Gasteiger partial charge on any atom is 0.407 e. The molecule has 0 aliphatic heterocycles. The molecule has 0 aromatic rings. The molecule has 4 nitrogen and oxygen atoms in total. The summed E-state index contributed by atoms with van der Waals surface area (Å²) in [5, 5.41) is 2.77. The van der Waals surface area contributed by atoms with Crippen molar-refractivity contribution in [1.82, 2.24) is 5.32 Å². The van der Waals surface area contributed by atoms with Gasteiger partial charge in [0.15, 0.2) is 0 Å². The van der Waals surface area contributed by atoms with Gasteiger partial charge in [-0.15, -0.1) is 0 Å². The van der Waals surface area contributed by atoms with E-state index in [1.54, 1.807) is 6.92 Å². The van der Waals surface area contributed by atoms with E-state index < -0.39 is 11.6 Å². The van der Waals surface area contributed by atoms with E-state index in [0.717, 1.165) is 25.7 Å². The van der Waals surface area contributed by atoms with E-state index in [1.165, 1.54) is 0 Å². The van der Waals surface area contributed by atoms with Crippen molar-refractivity contribution in [1.29, 1.82) is 0 Å². The molecule has 1 aliphatic carbocycles. The van der Waals surface area contributed by atoms with Crippen LogP contribution in [0.4, 0.5) is 4.79 Å². The van der Waals surface area contributed by atoms with Crippen molar-refractivity contribution >= 4 is 23.3 Å². The number of amides is 1. The van der Waals surface area contributed by atoms with Crippen LogP contribution in [0, 0.1) is 0 Å². The number of carbonyl (C=O) groups excluding carboxylic acids is 1. The van der Waals surface area contributed by atoms with Gasteiger partial charge in [-0.1, -0.05) is 25.1 Å². The van der Waals surface area contributed by atoms with E-state index in [0.29, 0.717) is 11.6 Å². The second kappa shape index (κ2) is 4.59. The first-order valence-corrected chi connectivity index (χ1v) is 5.26. The molecule has 1 fully saturated rings. The van der Waals surface area contributed by atoms with Crippen LogP contribution >= 0.6 is 12.2 Å². The highest BCUT2D eigenvalue weighted by atomic mass is 32.1. The quantitative estimate of drug-likeness (QED) is 0.699. The molecule has 1 saturated carbocycles. The molecule has 0 heterocycles. The van der Waals surface area contributed by atoms with Gasteiger partial charge in [-0.25, -0.2) is 4.79 Å². The number of carbonyl (C=O) groups is 1. The van der Waals surface area contributed by atoms with Crippen LogP contribution in [-0.4, -0.2) is 23.2 Å². The summed E-state index contributed by atoms with van der Waals surface area (Å²) in [4.78, 5) is 11.6. The van der Waals surface area contributed by atoms with Crippen molar-refractivity contribution in [2.45, 2.75) is 38.1 Å². The lowest BCUT2D eigenvalue weighted by Gasteiger charge is -2.28. The predicted molar refractivity (Wildman–Crippen MR) is 58.1 cm³/mol. The number of hydrogen-bond donors (Lipinski definition) is 2. The van der Waals surface area contributed by atoms with Gasteiger partial charge in [0.2, 0.25) is 0 Å². The summed E-state index contributed by atoms with van der Waals surface area (Å²) in [7, 11) is 0. The number of hydrogen-bond acceptors (Lipinski definition) is 3. The van der Waals surface area contributed by atoms with Gasteiger partial charge in [0, 0.05) is 0 Å². The minimum Gasteiger partial charge on any atom is -0.450 e. The van der Waals surface area contributed by atoms with Gasteiger partial charge in [0.1, 0.15) is 0 Å². The zero-order valence-electron chi connectivity index (χ0n) is 8.34. The van der Waals surface area contributed by atoms with Crippen molar-refractivity contribution in [2.24, 2.45) is 5.73 Å². The molecular formula is C9H16N2O2S. The normalized spacial score (nSPS) is 18.9. The lowest BCUT2D eigenvalue weighted by atomic mass is 9.98. The Hall–Kier alpha value is -0.840. The molecule has 5 heteroatoms. The van der Waals surface area contributed by atoms with E-state index in [4.69, 9.17) is 22.7 Å². The van der Waals surface area contributed by atoms with Crippen molar-refractivity contribution < 1.29 is 9.53 Å².